The van der Waals surface area contributed by atoms with Crippen molar-refractivity contribution >= 4 is 0 Å². The van der Waals surface area contributed by atoms with Crippen molar-refractivity contribution in [1.82, 2.24) is 9.80 Å². The Hall–Kier alpha value is -1.30. The van der Waals surface area contributed by atoms with E-state index in [2.05, 4.69) is 21.9 Å². The van der Waals surface area contributed by atoms with Crippen molar-refractivity contribution in [3.63, 3.8) is 0 Å². The van der Waals surface area contributed by atoms with Gasteiger partial charge in [-0.1, -0.05) is 25.0 Å². The molecule has 0 N–H and O–H groups in total. The lowest BCUT2D eigenvalue weighted by Gasteiger charge is -2.38. The summed E-state index contributed by atoms with van der Waals surface area (Å²) in [6.45, 7) is 6.99. The molecule has 5 rings (SSSR count). The zero-order valence-corrected chi connectivity index (χ0v) is 17.7. The lowest BCUT2D eigenvalue weighted by molar-refractivity contribution is 0.0536. The van der Waals surface area contributed by atoms with E-state index in [1.54, 1.807) is 0 Å². The van der Waals surface area contributed by atoms with Crippen molar-refractivity contribution in [1.29, 1.82) is 0 Å². The van der Waals surface area contributed by atoms with E-state index in [1.807, 2.05) is 6.07 Å². The first-order valence-electron chi connectivity index (χ1n) is 11.8. The minimum absolute atomic E-state index is 0.345. The summed E-state index contributed by atoms with van der Waals surface area (Å²) in [5.41, 5.74) is 1.25. The molecule has 1 atom stereocenters. The highest BCUT2D eigenvalue weighted by atomic mass is 16.7. The highest BCUT2D eigenvalue weighted by molar-refractivity contribution is 5.48. The quantitative estimate of drug-likeness (QED) is 0.690. The summed E-state index contributed by atoms with van der Waals surface area (Å²) >= 11 is 0. The average Bonchev–Trinajstić information content (AvgIpc) is 3.51. The zero-order valence-electron chi connectivity index (χ0n) is 17.7. The number of hydrogen-bond donors (Lipinski definition) is 0. The van der Waals surface area contributed by atoms with Gasteiger partial charge in [0.25, 0.3) is 0 Å². The molecule has 5 nitrogen and oxygen atoms in total. The van der Waals surface area contributed by atoms with Gasteiger partial charge in [0.15, 0.2) is 11.5 Å². The maximum Gasteiger partial charge on any atom is 0.231 e. The molecular weight excluding hydrogens is 364 g/mol. The first kappa shape index (κ1) is 19.7. The third-order valence-corrected chi connectivity index (χ3v) is 7.36. The molecule has 0 aromatic heterocycles. The Morgan fingerprint density at radius 1 is 0.931 bits per heavy atom. The molecule has 0 radical (unpaired) electrons. The Morgan fingerprint density at radius 2 is 1.79 bits per heavy atom. The van der Waals surface area contributed by atoms with Crippen LogP contribution in [-0.2, 0) is 11.3 Å². The standard InChI is InChI=1S/C24H36N2O3/c1-2-7-21(6-1)26-12-10-19(11-13-26)15-25(17-22-8-4-14-27-22)16-20-5-3-9-23-24(20)29-18-28-23/h3,5,9,19,21-22H,1-2,4,6-8,10-18H2/t22-/m0/s1. The number of ether oxygens (including phenoxy) is 3. The predicted molar refractivity (Wildman–Crippen MR) is 113 cm³/mol. The number of benzene rings is 1. The predicted octanol–water partition coefficient (Wildman–Crippen LogP) is 4.05. The lowest BCUT2D eigenvalue weighted by Crippen LogP contribution is -2.43. The molecule has 5 heteroatoms. The van der Waals surface area contributed by atoms with Gasteiger partial charge in [-0.15, -0.1) is 0 Å². The van der Waals surface area contributed by atoms with Gasteiger partial charge in [-0.05, 0) is 63.6 Å². The van der Waals surface area contributed by atoms with Crippen LogP contribution < -0.4 is 9.47 Å². The molecule has 3 fully saturated rings. The van der Waals surface area contributed by atoms with Crippen LogP contribution in [0, 0.1) is 5.92 Å². The van der Waals surface area contributed by atoms with Crippen LogP contribution >= 0.6 is 0 Å². The Bertz CT molecular complexity index is 662. The highest BCUT2D eigenvalue weighted by Crippen LogP contribution is 2.36. The molecular formula is C24H36N2O3. The van der Waals surface area contributed by atoms with Crippen LogP contribution in [0.3, 0.4) is 0 Å². The van der Waals surface area contributed by atoms with Crippen LogP contribution in [0.1, 0.15) is 56.9 Å². The third kappa shape index (κ3) is 4.73. The largest absolute Gasteiger partial charge is 0.454 e. The summed E-state index contributed by atoms with van der Waals surface area (Å²) < 4.78 is 17.3. The summed E-state index contributed by atoms with van der Waals surface area (Å²) in [5, 5.41) is 0. The summed E-state index contributed by atoms with van der Waals surface area (Å²) in [6.07, 6.45) is 11.2. The van der Waals surface area contributed by atoms with Crippen molar-refractivity contribution in [3.8, 4) is 11.5 Å². The van der Waals surface area contributed by atoms with Crippen molar-refractivity contribution < 1.29 is 14.2 Å². The fraction of sp³-hybridized carbons (Fsp3) is 0.750. The molecule has 0 unspecified atom stereocenters. The van der Waals surface area contributed by atoms with Gasteiger partial charge < -0.3 is 19.1 Å². The van der Waals surface area contributed by atoms with Gasteiger partial charge in [-0.25, -0.2) is 0 Å². The molecule has 1 aliphatic carbocycles. The fourth-order valence-electron chi connectivity index (χ4n) is 5.77. The van der Waals surface area contributed by atoms with Crippen LogP contribution in [-0.4, -0.2) is 61.5 Å². The van der Waals surface area contributed by atoms with Gasteiger partial charge in [0, 0.05) is 37.8 Å². The van der Waals surface area contributed by atoms with Gasteiger partial charge in [0.2, 0.25) is 6.79 Å². The van der Waals surface area contributed by atoms with Crippen molar-refractivity contribution in [2.75, 3.05) is 39.6 Å². The number of hydrogen-bond acceptors (Lipinski definition) is 5. The first-order valence-corrected chi connectivity index (χ1v) is 11.8. The van der Waals surface area contributed by atoms with E-state index < -0.39 is 0 Å². The minimum Gasteiger partial charge on any atom is -0.454 e. The molecule has 0 bridgehead atoms. The minimum atomic E-state index is 0.345. The van der Waals surface area contributed by atoms with Gasteiger partial charge in [-0.2, -0.15) is 0 Å². The van der Waals surface area contributed by atoms with Crippen molar-refractivity contribution in [3.05, 3.63) is 23.8 Å². The Labute approximate surface area is 175 Å². The maximum absolute atomic E-state index is 5.98. The number of nitrogens with zero attached hydrogens (tertiary/aromatic N) is 2. The Balaban J connectivity index is 1.21. The molecule has 4 aliphatic rings. The van der Waals surface area contributed by atoms with Crippen LogP contribution in [0.5, 0.6) is 11.5 Å². The monoisotopic (exact) mass is 400 g/mol. The zero-order chi connectivity index (χ0) is 19.5. The molecule has 1 saturated carbocycles. The molecule has 29 heavy (non-hydrogen) atoms. The first-order chi connectivity index (χ1) is 14.3. The summed E-state index contributed by atoms with van der Waals surface area (Å²) in [4.78, 5) is 5.41. The van der Waals surface area contributed by atoms with Crippen molar-refractivity contribution in [2.24, 2.45) is 5.92 Å². The molecule has 1 aromatic rings. The van der Waals surface area contributed by atoms with E-state index in [0.29, 0.717) is 12.9 Å². The second-order valence-corrected chi connectivity index (χ2v) is 9.40. The molecule has 3 heterocycles. The van der Waals surface area contributed by atoms with E-state index in [4.69, 9.17) is 14.2 Å². The fourth-order valence-corrected chi connectivity index (χ4v) is 5.77. The Morgan fingerprint density at radius 3 is 2.59 bits per heavy atom. The second kappa shape index (κ2) is 9.23. The average molecular weight is 401 g/mol. The van der Waals surface area contributed by atoms with E-state index in [9.17, 15) is 0 Å². The van der Waals surface area contributed by atoms with Crippen LogP contribution in [0.25, 0.3) is 0 Å². The number of piperidine rings is 1. The van der Waals surface area contributed by atoms with E-state index in [0.717, 1.165) is 43.2 Å². The van der Waals surface area contributed by atoms with Crippen LogP contribution in [0.2, 0.25) is 0 Å². The van der Waals surface area contributed by atoms with E-state index in [-0.39, 0.29) is 0 Å². The molecule has 160 valence electrons. The lowest BCUT2D eigenvalue weighted by atomic mass is 9.94. The highest BCUT2D eigenvalue weighted by Gasteiger charge is 2.29. The molecule has 0 spiro atoms. The van der Waals surface area contributed by atoms with Gasteiger partial charge >= 0.3 is 0 Å². The summed E-state index contributed by atoms with van der Waals surface area (Å²) in [7, 11) is 0. The third-order valence-electron chi connectivity index (χ3n) is 7.36. The van der Waals surface area contributed by atoms with Gasteiger partial charge in [0.05, 0.1) is 6.10 Å². The number of likely N-dealkylation sites (tertiary alicyclic amines) is 1. The van der Waals surface area contributed by atoms with Gasteiger partial charge in [-0.3, -0.25) is 4.90 Å². The van der Waals surface area contributed by atoms with Crippen molar-refractivity contribution in [2.45, 2.75) is 70.1 Å². The number of para-hydroxylation sites is 1. The van der Waals surface area contributed by atoms with E-state index in [1.165, 1.54) is 76.6 Å². The SMILES string of the molecule is c1cc(CN(CC2CCN(C3CCCC3)CC2)C[C@@H]2CCCO2)c2c(c1)OCO2. The topological polar surface area (TPSA) is 34.2 Å². The molecule has 1 aromatic carbocycles. The number of fused-ring (bicyclic) bond motifs is 1. The summed E-state index contributed by atoms with van der Waals surface area (Å²) in [5.74, 6) is 2.63. The molecule has 3 aliphatic heterocycles. The number of rotatable bonds is 7. The van der Waals surface area contributed by atoms with Crippen LogP contribution in [0.15, 0.2) is 18.2 Å². The molecule has 2 saturated heterocycles. The van der Waals surface area contributed by atoms with E-state index >= 15 is 0 Å². The van der Waals surface area contributed by atoms with Gasteiger partial charge in [0.1, 0.15) is 0 Å². The van der Waals surface area contributed by atoms with Crippen LogP contribution in [0.4, 0.5) is 0 Å². The smallest absolute Gasteiger partial charge is 0.231 e. The second-order valence-electron chi connectivity index (χ2n) is 9.40. The molecule has 0 amide bonds. The Kier molecular flexibility index (Phi) is 6.26. The maximum atomic E-state index is 5.98. The normalized spacial score (nSPS) is 26.0. The summed E-state index contributed by atoms with van der Waals surface area (Å²) in [6, 6.07) is 7.17.